The number of morpholine rings is 1. The highest BCUT2D eigenvalue weighted by molar-refractivity contribution is 5.97. The van der Waals surface area contributed by atoms with Gasteiger partial charge in [-0.25, -0.2) is 0 Å². The van der Waals surface area contributed by atoms with Crippen LogP contribution in [0.25, 0.3) is 0 Å². The fourth-order valence-corrected chi connectivity index (χ4v) is 3.08. The third-order valence-electron chi connectivity index (χ3n) is 4.51. The first kappa shape index (κ1) is 18.2. The van der Waals surface area contributed by atoms with E-state index in [0.717, 1.165) is 43.9 Å². The van der Waals surface area contributed by atoms with Gasteiger partial charge in [-0.15, -0.1) is 0 Å². The first-order valence-corrected chi connectivity index (χ1v) is 8.96. The van der Waals surface area contributed by atoms with Crippen LogP contribution in [0.2, 0.25) is 0 Å². The molecular weight excluding hydrogens is 332 g/mol. The normalized spacial score (nSPS) is 20.5. The van der Waals surface area contributed by atoms with Crippen LogP contribution in [0.4, 0.5) is 11.4 Å². The molecule has 2 aliphatic heterocycles. The second kappa shape index (κ2) is 9.22. The van der Waals surface area contributed by atoms with Crippen molar-refractivity contribution >= 4 is 17.3 Å². The Morgan fingerprint density at radius 2 is 2.12 bits per heavy atom. The Balaban J connectivity index is 1.63. The Bertz CT molecular complexity index is 686. The van der Waals surface area contributed by atoms with Crippen molar-refractivity contribution in [3.05, 3.63) is 36.0 Å². The maximum Gasteiger partial charge on any atom is 0.263 e. The quantitative estimate of drug-likeness (QED) is 0.595. The predicted molar refractivity (Wildman–Crippen MR) is 98.8 cm³/mol. The Kier molecular flexibility index (Phi) is 6.47. The van der Waals surface area contributed by atoms with E-state index in [1.807, 2.05) is 30.3 Å². The van der Waals surface area contributed by atoms with Gasteiger partial charge in [0.05, 0.1) is 30.7 Å². The number of hydrogen-bond donors (Lipinski definition) is 2. The number of hydrogen-bond acceptors (Lipinski definition) is 6. The fraction of sp³-hybridized carbons (Fsp3) is 0.474. The molecule has 1 atom stereocenters. The van der Waals surface area contributed by atoms with Crippen LogP contribution in [0.5, 0.6) is 0 Å². The smallest absolute Gasteiger partial charge is 0.263 e. The maximum absolute atomic E-state index is 12.2. The van der Waals surface area contributed by atoms with Gasteiger partial charge in [0, 0.05) is 32.4 Å². The molecule has 2 aliphatic rings. The molecule has 2 N–H and O–H groups in total. The van der Waals surface area contributed by atoms with E-state index in [1.165, 1.54) is 6.20 Å². The molecule has 1 amide bonds. The minimum absolute atomic E-state index is 0.0415. The summed E-state index contributed by atoms with van der Waals surface area (Å²) in [4.78, 5) is 14.4. The highest BCUT2D eigenvalue weighted by Crippen LogP contribution is 2.26. The molecule has 138 valence electrons. The van der Waals surface area contributed by atoms with E-state index in [9.17, 15) is 10.1 Å². The summed E-state index contributed by atoms with van der Waals surface area (Å²) in [5.41, 5.74) is 1.93. The van der Waals surface area contributed by atoms with Crippen LogP contribution >= 0.6 is 0 Å². The van der Waals surface area contributed by atoms with Crippen molar-refractivity contribution in [1.82, 2.24) is 5.32 Å². The molecule has 2 saturated heterocycles. The molecule has 0 aromatic heterocycles. The Hall–Kier alpha value is -2.56. The summed E-state index contributed by atoms with van der Waals surface area (Å²) in [7, 11) is 0. The van der Waals surface area contributed by atoms with Crippen molar-refractivity contribution < 1.29 is 14.3 Å². The van der Waals surface area contributed by atoms with E-state index in [2.05, 4.69) is 15.5 Å². The minimum atomic E-state index is -0.389. The summed E-state index contributed by atoms with van der Waals surface area (Å²) in [6.45, 7) is 4.19. The zero-order valence-electron chi connectivity index (χ0n) is 14.7. The van der Waals surface area contributed by atoms with Crippen LogP contribution in [0.15, 0.2) is 36.0 Å². The maximum atomic E-state index is 12.2. The number of ether oxygens (including phenoxy) is 2. The van der Waals surface area contributed by atoms with Crippen LogP contribution < -0.4 is 15.5 Å². The molecule has 1 aromatic rings. The molecule has 0 radical (unpaired) electrons. The van der Waals surface area contributed by atoms with Gasteiger partial charge in [0.15, 0.2) is 0 Å². The summed E-state index contributed by atoms with van der Waals surface area (Å²) in [5.74, 6) is -0.389. The third-order valence-corrected chi connectivity index (χ3v) is 4.51. The van der Waals surface area contributed by atoms with Crippen LogP contribution in [-0.2, 0) is 14.3 Å². The second-order valence-corrected chi connectivity index (χ2v) is 6.28. The first-order valence-electron chi connectivity index (χ1n) is 8.96. The summed E-state index contributed by atoms with van der Waals surface area (Å²) in [6, 6.07) is 9.80. The molecule has 2 fully saturated rings. The zero-order chi connectivity index (χ0) is 18.2. The molecule has 0 saturated carbocycles. The molecule has 26 heavy (non-hydrogen) atoms. The molecule has 0 aliphatic carbocycles. The van der Waals surface area contributed by atoms with E-state index < -0.39 is 0 Å². The number of carbonyl (C=O) groups excluding carboxylic acids is 1. The number of nitrogens with zero attached hydrogens (tertiary/aromatic N) is 2. The number of amides is 1. The molecule has 7 heteroatoms. The topological polar surface area (TPSA) is 86.6 Å². The van der Waals surface area contributed by atoms with Gasteiger partial charge in [0.2, 0.25) is 0 Å². The van der Waals surface area contributed by atoms with Gasteiger partial charge in [0.1, 0.15) is 11.6 Å². The summed E-state index contributed by atoms with van der Waals surface area (Å²) in [5, 5.41) is 15.2. The number of carbonyl (C=O) groups is 1. The van der Waals surface area contributed by atoms with Gasteiger partial charge < -0.3 is 25.0 Å². The SMILES string of the molecule is N#C/C(=C/Nc1ccccc1N1CCOCC1)C(=O)NCC1CCCO1. The van der Waals surface area contributed by atoms with Crippen LogP contribution in [0, 0.1) is 11.3 Å². The van der Waals surface area contributed by atoms with E-state index in [4.69, 9.17) is 9.47 Å². The van der Waals surface area contributed by atoms with Gasteiger partial charge in [-0.3, -0.25) is 4.79 Å². The van der Waals surface area contributed by atoms with Crippen LogP contribution in [-0.4, -0.2) is 51.5 Å². The lowest BCUT2D eigenvalue weighted by Crippen LogP contribution is -2.36. The van der Waals surface area contributed by atoms with E-state index in [1.54, 1.807) is 0 Å². The summed E-state index contributed by atoms with van der Waals surface area (Å²) < 4.78 is 10.9. The van der Waals surface area contributed by atoms with E-state index in [-0.39, 0.29) is 17.6 Å². The fourth-order valence-electron chi connectivity index (χ4n) is 3.08. The monoisotopic (exact) mass is 356 g/mol. The van der Waals surface area contributed by atoms with E-state index >= 15 is 0 Å². The van der Waals surface area contributed by atoms with Gasteiger partial charge >= 0.3 is 0 Å². The number of para-hydroxylation sites is 2. The molecular formula is C19H24N4O3. The summed E-state index contributed by atoms with van der Waals surface area (Å²) >= 11 is 0. The predicted octanol–water partition coefficient (Wildman–Crippen LogP) is 1.64. The zero-order valence-corrected chi connectivity index (χ0v) is 14.7. The standard InChI is InChI=1S/C19H24N4O3/c20-12-15(19(24)22-14-16-4-3-9-26-16)13-21-17-5-1-2-6-18(17)23-7-10-25-11-8-23/h1-2,5-6,13,16,21H,3-4,7-11,14H2,(H,22,24)/b15-13-. The number of nitrogens with one attached hydrogen (secondary N) is 2. The van der Waals surface area contributed by atoms with Crippen molar-refractivity contribution in [2.75, 3.05) is 49.7 Å². The lowest BCUT2D eigenvalue weighted by atomic mass is 10.2. The van der Waals surface area contributed by atoms with Gasteiger partial charge in [-0.1, -0.05) is 12.1 Å². The number of benzene rings is 1. The van der Waals surface area contributed by atoms with Gasteiger partial charge in [0.25, 0.3) is 5.91 Å². The van der Waals surface area contributed by atoms with Crippen molar-refractivity contribution in [3.8, 4) is 6.07 Å². The van der Waals surface area contributed by atoms with Crippen molar-refractivity contribution in [2.45, 2.75) is 18.9 Å². The lowest BCUT2D eigenvalue weighted by molar-refractivity contribution is -0.117. The Morgan fingerprint density at radius 1 is 1.31 bits per heavy atom. The molecule has 2 heterocycles. The van der Waals surface area contributed by atoms with Crippen LogP contribution in [0.1, 0.15) is 12.8 Å². The minimum Gasteiger partial charge on any atom is -0.378 e. The van der Waals surface area contributed by atoms with Crippen molar-refractivity contribution in [3.63, 3.8) is 0 Å². The molecule has 1 unspecified atom stereocenters. The second-order valence-electron chi connectivity index (χ2n) is 6.28. The van der Waals surface area contributed by atoms with Gasteiger partial charge in [-0.2, -0.15) is 5.26 Å². The first-order chi connectivity index (χ1) is 12.8. The average Bonchev–Trinajstić information content (AvgIpc) is 3.21. The number of anilines is 2. The van der Waals surface area contributed by atoms with Crippen LogP contribution in [0.3, 0.4) is 0 Å². The van der Waals surface area contributed by atoms with E-state index in [0.29, 0.717) is 19.8 Å². The highest BCUT2D eigenvalue weighted by atomic mass is 16.5. The highest BCUT2D eigenvalue weighted by Gasteiger charge is 2.18. The largest absolute Gasteiger partial charge is 0.378 e. The summed E-state index contributed by atoms with van der Waals surface area (Å²) in [6.07, 6.45) is 3.47. The third kappa shape index (κ3) is 4.75. The molecule has 0 spiro atoms. The molecule has 0 bridgehead atoms. The molecule has 3 rings (SSSR count). The lowest BCUT2D eigenvalue weighted by Gasteiger charge is -2.30. The van der Waals surface area contributed by atoms with Gasteiger partial charge in [-0.05, 0) is 25.0 Å². The Labute approximate surface area is 153 Å². The molecule has 7 nitrogen and oxygen atoms in total. The molecule has 1 aromatic carbocycles. The Morgan fingerprint density at radius 3 is 2.85 bits per heavy atom. The van der Waals surface area contributed by atoms with Crippen molar-refractivity contribution in [2.24, 2.45) is 0 Å². The van der Waals surface area contributed by atoms with Crippen molar-refractivity contribution in [1.29, 1.82) is 5.26 Å². The average molecular weight is 356 g/mol. The number of nitriles is 1. The number of rotatable bonds is 6.